The van der Waals surface area contributed by atoms with Gasteiger partial charge in [-0.1, -0.05) is 0 Å². The summed E-state index contributed by atoms with van der Waals surface area (Å²) in [7, 11) is 1.54. The van der Waals surface area contributed by atoms with E-state index in [1.165, 1.54) is 19.2 Å². The first kappa shape index (κ1) is 15.8. The molecule has 0 fully saturated rings. The minimum Gasteiger partial charge on any atom is -0.508 e. The summed E-state index contributed by atoms with van der Waals surface area (Å²) in [5.41, 5.74) is -0.0372. The molecule has 0 saturated carbocycles. The van der Waals surface area contributed by atoms with Crippen molar-refractivity contribution in [2.75, 3.05) is 26.8 Å². The summed E-state index contributed by atoms with van der Waals surface area (Å²) < 4.78 is 4.78. The number of ether oxygens (including phenoxy) is 1. The Kier molecular flexibility index (Phi) is 6.31. The van der Waals surface area contributed by atoms with Crippen molar-refractivity contribution in [3.8, 4) is 11.5 Å². The number of carbonyl (C=O) groups is 2. The number of rotatable bonds is 7. The third-order valence-electron chi connectivity index (χ3n) is 2.49. The Morgan fingerprint density at radius 2 is 1.95 bits per heavy atom. The van der Waals surface area contributed by atoms with Gasteiger partial charge in [0.05, 0.1) is 12.2 Å². The highest BCUT2D eigenvalue weighted by atomic mass is 16.5. The molecular weight excluding hydrogens is 264 g/mol. The molecule has 0 unspecified atom stereocenters. The Hall–Kier alpha value is -2.28. The summed E-state index contributed by atoms with van der Waals surface area (Å²) >= 11 is 0. The third-order valence-corrected chi connectivity index (χ3v) is 2.49. The molecule has 0 saturated heterocycles. The van der Waals surface area contributed by atoms with Gasteiger partial charge >= 0.3 is 0 Å². The molecule has 0 aliphatic carbocycles. The summed E-state index contributed by atoms with van der Waals surface area (Å²) in [6, 6.07) is 3.65. The van der Waals surface area contributed by atoms with Gasteiger partial charge in [0.15, 0.2) is 0 Å². The van der Waals surface area contributed by atoms with Crippen LogP contribution in [0.5, 0.6) is 11.5 Å². The fraction of sp³-hybridized carbons (Fsp3) is 0.385. The lowest BCUT2D eigenvalue weighted by atomic mass is 10.1. The molecular formula is C13H18N2O5. The van der Waals surface area contributed by atoms with E-state index in [0.717, 1.165) is 6.07 Å². The Labute approximate surface area is 116 Å². The van der Waals surface area contributed by atoms with E-state index in [0.29, 0.717) is 13.2 Å². The van der Waals surface area contributed by atoms with Crippen LogP contribution < -0.4 is 10.6 Å². The lowest BCUT2D eigenvalue weighted by molar-refractivity contribution is -0.121. The molecule has 1 aromatic rings. The lowest BCUT2D eigenvalue weighted by Gasteiger charge is -2.08. The first-order valence-electron chi connectivity index (χ1n) is 6.10. The van der Waals surface area contributed by atoms with E-state index < -0.39 is 5.91 Å². The number of aromatic hydroxyl groups is 2. The van der Waals surface area contributed by atoms with Crippen LogP contribution in [0.2, 0.25) is 0 Å². The van der Waals surface area contributed by atoms with Crippen LogP contribution in [0.4, 0.5) is 0 Å². The SMILES string of the molecule is COCCNC(=O)CCNC(=O)c1cc(O)ccc1O. The number of nitrogens with one attached hydrogen (secondary N) is 2. The van der Waals surface area contributed by atoms with Crippen LogP contribution in [-0.4, -0.2) is 48.8 Å². The molecule has 0 aliphatic heterocycles. The summed E-state index contributed by atoms with van der Waals surface area (Å²) in [5.74, 6) is -1.11. The van der Waals surface area contributed by atoms with Gasteiger partial charge in [-0.3, -0.25) is 9.59 Å². The van der Waals surface area contributed by atoms with Crippen LogP contribution in [0.15, 0.2) is 18.2 Å². The number of phenolic OH excluding ortho intramolecular Hbond substituents is 2. The molecule has 0 radical (unpaired) electrons. The molecule has 1 rings (SSSR count). The Balaban J connectivity index is 2.36. The molecule has 0 aliphatic rings. The van der Waals surface area contributed by atoms with Gasteiger partial charge in [0.25, 0.3) is 5.91 Å². The highest BCUT2D eigenvalue weighted by Gasteiger charge is 2.12. The molecule has 7 heteroatoms. The van der Waals surface area contributed by atoms with Crippen molar-refractivity contribution >= 4 is 11.8 Å². The van der Waals surface area contributed by atoms with Crippen LogP contribution in [0.1, 0.15) is 16.8 Å². The maximum atomic E-state index is 11.7. The predicted molar refractivity (Wildman–Crippen MR) is 71.6 cm³/mol. The molecule has 7 nitrogen and oxygen atoms in total. The zero-order chi connectivity index (χ0) is 15.0. The quantitative estimate of drug-likeness (QED) is 0.415. The molecule has 20 heavy (non-hydrogen) atoms. The van der Waals surface area contributed by atoms with Crippen molar-refractivity contribution in [1.29, 1.82) is 0 Å². The normalized spacial score (nSPS) is 10.1. The molecule has 110 valence electrons. The summed E-state index contributed by atoms with van der Waals surface area (Å²) in [4.78, 5) is 23.1. The Bertz CT molecular complexity index is 476. The Morgan fingerprint density at radius 1 is 1.20 bits per heavy atom. The van der Waals surface area contributed by atoms with Crippen molar-refractivity contribution in [1.82, 2.24) is 10.6 Å². The first-order valence-corrected chi connectivity index (χ1v) is 6.10. The van der Waals surface area contributed by atoms with Gasteiger partial charge in [0.2, 0.25) is 5.91 Å². The fourth-order valence-electron chi connectivity index (χ4n) is 1.47. The summed E-state index contributed by atoms with van der Waals surface area (Å²) in [6.45, 7) is 0.971. The highest BCUT2D eigenvalue weighted by molar-refractivity contribution is 5.97. The van der Waals surface area contributed by atoms with Gasteiger partial charge in [-0.25, -0.2) is 0 Å². The zero-order valence-electron chi connectivity index (χ0n) is 11.2. The molecule has 2 amide bonds. The van der Waals surface area contributed by atoms with Gasteiger partial charge in [-0.2, -0.15) is 0 Å². The predicted octanol–water partition coefficient (Wildman–Crippen LogP) is -0.0197. The van der Waals surface area contributed by atoms with Crippen molar-refractivity contribution in [2.45, 2.75) is 6.42 Å². The van der Waals surface area contributed by atoms with Crippen LogP contribution in [0.3, 0.4) is 0 Å². The fourth-order valence-corrected chi connectivity index (χ4v) is 1.47. The standard InChI is InChI=1S/C13H18N2O5/c1-20-7-6-14-12(18)4-5-15-13(19)10-8-9(16)2-3-11(10)17/h2-3,8,16-17H,4-7H2,1H3,(H,14,18)(H,15,19). The minimum atomic E-state index is -0.553. The maximum absolute atomic E-state index is 11.7. The average Bonchev–Trinajstić information content (AvgIpc) is 2.41. The average molecular weight is 282 g/mol. The van der Waals surface area contributed by atoms with E-state index in [4.69, 9.17) is 4.74 Å². The Morgan fingerprint density at radius 3 is 2.65 bits per heavy atom. The van der Waals surface area contributed by atoms with Crippen molar-refractivity contribution in [3.63, 3.8) is 0 Å². The molecule has 0 heterocycles. The second-order valence-corrected chi connectivity index (χ2v) is 4.05. The third kappa shape index (κ3) is 5.15. The van der Waals surface area contributed by atoms with Gasteiger partial charge in [0, 0.05) is 26.6 Å². The number of carbonyl (C=O) groups excluding carboxylic acids is 2. The number of hydrogen-bond acceptors (Lipinski definition) is 5. The number of amides is 2. The van der Waals surface area contributed by atoms with E-state index in [-0.39, 0.29) is 35.9 Å². The van der Waals surface area contributed by atoms with E-state index >= 15 is 0 Å². The number of benzene rings is 1. The van der Waals surface area contributed by atoms with Crippen molar-refractivity contribution in [3.05, 3.63) is 23.8 Å². The smallest absolute Gasteiger partial charge is 0.255 e. The van der Waals surface area contributed by atoms with Gasteiger partial charge in [-0.15, -0.1) is 0 Å². The highest BCUT2D eigenvalue weighted by Crippen LogP contribution is 2.21. The summed E-state index contributed by atoms with van der Waals surface area (Å²) in [6.07, 6.45) is 0.120. The largest absolute Gasteiger partial charge is 0.508 e. The van der Waals surface area contributed by atoms with E-state index in [1.54, 1.807) is 0 Å². The number of hydrogen-bond donors (Lipinski definition) is 4. The molecule has 0 atom stereocenters. The van der Waals surface area contributed by atoms with E-state index in [2.05, 4.69) is 10.6 Å². The topological polar surface area (TPSA) is 108 Å². The van der Waals surface area contributed by atoms with Crippen molar-refractivity contribution < 1.29 is 24.5 Å². The van der Waals surface area contributed by atoms with Crippen LogP contribution in [0.25, 0.3) is 0 Å². The van der Waals surface area contributed by atoms with Gasteiger partial charge in [-0.05, 0) is 18.2 Å². The minimum absolute atomic E-state index is 0.0372. The molecule has 0 spiro atoms. The van der Waals surface area contributed by atoms with Gasteiger partial charge < -0.3 is 25.6 Å². The summed E-state index contributed by atoms with van der Waals surface area (Å²) in [5, 5.41) is 23.8. The monoisotopic (exact) mass is 282 g/mol. The first-order chi connectivity index (χ1) is 9.54. The van der Waals surface area contributed by atoms with Crippen LogP contribution >= 0.6 is 0 Å². The molecule has 0 bridgehead atoms. The van der Waals surface area contributed by atoms with Gasteiger partial charge in [0.1, 0.15) is 11.5 Å². The molecule has 0 aromatic heterocycles. The lowest BCUT2D eigenvalue weighted by Crippen LogP contribution is -2.32. The van der Waals surface area contributed by atoms with E-state index in [1.807, 2.05) is 0 Å². The number of phenols is 2. The molecule has 1 aromatic carbocycles. The second kappa shape index (κ2) is 8.00. The van der Waals surface area contributed by atoms with Crippen molar-refractivity contribution in [2.24, 2.45) is 0 Å². The van der Waals surface area contributed by atoms with E-state index in [9.17, 15) is 19.8 Å². The number of methoxy groups -OCH3 is 1. The maximum Gasteiger partial charge on any atom is 0.255 e. The molecule has 4 N–H and O–H groups in total. The second-order valence-electron chi connectivity index (χ2n) is 4.05. The zero-order valence-corrected chi connectivity index (χ0v) is 11.2. The van der Waals surface area contributed by atoms with Crippen LogP contribution in [-0.2, 0) is 9.53 Å². The van der Waals surface area contributed by atoms with Crippen LogP contribution in [0, 0.1) is 0 Å².